The van der Waals surface area contributed by atoms with Crippen molar-refractivity contribution in [2.24, 2.45) is 7.05 Å². The van der Waals surface area contributed by atoms with Crippen LogP contribution in [0.25, 0.3) is 10.9 Å². The lowest BCUT2D eigenvalue weighted by molar-refractivity contribution is -0.537. The number of hydrogen-bond donors (Lipinski definition) is 0. The average molecular weight is 408 g/mol. The van der Waals surface area contributed by atoms with E-state index in [2.05, 4.69) is 6.07 Å². The lowest BCUT2D eigenvalue weighted by atomic mass is 9.79. The maximum absolute atomic E-state index is 12.3. The van der Waals surface area contributed by atoms with Crippen molar-refractivity contribution < 1.29 is 19.2 Å². The molecular weight excluding hydrogens is 384 g/mol. The van der Waals surface area contributed by atoms with Gasteiger partial charge in [-0.3, -0.25) is 14.9 Å². The highest BCUT2D eigenvalue weighted by Gasteiger charge is 2.49. The fraction of sp³-hybridized carbons (Fsp3) is 0.348. The second kappa shape index (κ2) is 7.82. The summed E-state index contributed by atoms with van der Waals surface area (Å²) >= 11 is 0. The largest absolute Gasteiger partial charge is 0.482 e. The first-order valence-corrected chi connectivity index (χ1v) is 10.0. The second-order valence-electron chi connectivity index (χ2n) is 7.67. The van der Waals surface area contributed by atoms with Crippen molar-refractivity contribution >= 4 is 16.9 Å². The molecule has 156 valence electrons. The average Bonchev–Trinajstić information content (AvgIpc) is 3.02. The summed E-state index contributed by atoms with van der Waals surface area (Å²) in [4.78, 5) is 24.1. The van der Waals surface area contributed by atoms with Crippen LogP contribution in [0, 0.1) is 17.0 Å². The third kappa shape index (κ3) is 3.40. The van der Waals surface area contributed by atoms with E-state index < -0.39 is 24.0 Å². The Balaban J connectivity index is 1.89. The van der Waals surface area contributed by atoms with Crippen LogP contribution < -0.4 is 4.74 Å². The quantitative estimate of drug-likeness (QED) is 0.362. The van der Waals surface area contributed by atoms with E-state index in [-0.39, 0.29) is 18.0 Å². The van der Waals surface area contributed by atoms with E-state index in [1.54, 1.807) is 13.0 Å². The Morgan fingerprint density at radius 1 is 1.23 bits per heavy atom. The molecule has 4 rings (SSSR count). The summed E-state index contributed by atoms with van der Waals surface area (Å²) in [5.74, 6) is -0.476. The number of ether oxygens (including phenoxy) is 2. The molecule has 7 nitrogen and oxygen atoms in total. The first kappa shape index (κ1) is 19.9. The molecule has 0 amide bonds. The van der Waals surface area contributed by atoms with E-state index in [4.69, 9.17) is 9.47 Å². The van der Waals surface area contributed by atoms with Crippen molar-refractivity contribution in [3.05, 3.63) is 75.5 Å². The van der Waals surface area contributed by atoms with Gasteiger partial charge in [-0.2, -0.15) is 0 Å². The van der Waals surface area contributed by atoms with Crippen LogP contribution in [0.2, 0.25) is 0 Å². The highest BCUT2D eigenvalue weighted by molar-refractivity contribution is 5.86. The molecule has 0 radical (unpaired) electrons. The Bertz CT molecular complexity index is 1120. The highest BCUT2D eigenvalue weighted by atomic mass is 16.6. The van der Waals surface area contributed by atoms with Gasteiger partial charge >= 0.3 is 5.97 Å². The van der Waals surface area contributed by atoms with Crippen LogP contribution in [-0.2, 0) is 16.6 Å². The smallest absolute Gasteiger partial charge is 0.309 e. The minimum atomic E-state index is -1.11. The third-order valence-electron chi connectivity index (χ3n) is 5.68. The van der Waals surface area contributed by atoms with Gasteiger partial charge in [0, 0.05) is 34.6 Å². The Morgan fingerprint density at radius 3 is 2.73 bits per heavy atom. The number of rotatable bonds is 5. The first-order chi connectivity index (χ1) is 14.4. The summed E-state index contributed by atoms with van der Waals surface area (Å²) in [6, 6.07) is 12.3. The SMILES string of the molecule is CCOC(=O)CC1Oc2ccccc2C(c2cn(C)c3cc(C)ccc23)C1[N+](=O)[O-]. The Hall–Kier alpha value is -3.35. The molecule has 1 aromatic heterocycles. The second-order valence-corrected chi connectivity index (χ2v) is 7.67. The van der Waals surface area contributed by atoms with Crippen molar-refractivity contribution in [3.8, 4) is 5.75 Å². The van der Waals surface area contributed by atoms with Crippen LogP contribution in [-0.4, -0.2) is 34.2 Å². The Labute approximate surface area is 174 Å². The fourth-order valence-electron chi connectivity index (χ4n) is 4.40. The normalized spacial score (nSPS) is 20.4. The van der Waals surface area contributed by atoms with Gasteiger partial charge in [0.2, 0.25) is 0 Å². The first-order valence-electron chi connectivity index (χ1n) is 10.0. The molecule has 7 heteroatoms. The topological polar surface area (TPSA) is 83.6 Å². The van der Waals surface area contributed by atoms with Crippen LogP contribution in [0.1, 0.15) is 36.0 Å². The molecule has 1 aliphatic heterocycles. The molecule has 0 fully saturated rings. The molecule has 2 heterocycles. The van der Waals surface area contributed by atoms with Gasteiger partial charge in [-0.25, -0.2) is 0 Å². The summed E-state index contributed by atoms with van der Waals surface area (Å²) in [5, 5.41) is 13.2. The molecule has 0 saturated carbocycles. The van der Waals surface area contributed by atoms with Gasteiger partial charge in [-0.15, -0.1) is 0 Å². The van der Waals surface area contributed by atoms with Crippen molar-refractivity contribution in [3.63, 3.8) is 0 Å². The van der Waals surface area contributed by atoms with Gasteiger partial charge in [0.05, 0.1) is 18.9 Å². The maximum atomic E-state index is 12.3. The molecular formula is C23H24N2O5. The fourth-order valence-corrected chi connectivity index (χ4v) is 4.40. The minimum Gasteiger partial charge on any atom is -0.482 e. The number of aryl methyl sites for hydroxylation is 2. The zero-order chi connectivity index (χ0) is 21.4. The number of carbonyl (C=O) groups is 1. The van der Waals surface area contributed by atoms with E-state index in [1.165, 1.54) is 0 Å². The number of fused-ring (bicyclic) bond motifs is 2. The van der Waals surface area contributed by atoms with Gasteiger partial charge in [-0.1, -0.05) is 30.3 Å². The molecule has 3 aromatic rings. The summed E-state index contributed by atoms with van der Waals surface area (Å²) < 4.78 is 13.0. The molecule has 0 N–H and O–H groups in total. The standard InChI is InChI=1S/C23H24N2O5/c1-4-29-21(26)12-20-23(25(27)28)22(16-7-5-6-8-19(16)30-20)17-13-24(3)18-11-14(2)9-10-15(17)18/h5-11,13,20,22-23H,4,12H2,1-3H3. The third-order valence-corrected chi connectivity index (χ3v) is 5.68. The monoisotopic (exact) mass is 408 g/mol. The van der Waals surface area contributed by atoms with Crippen molar-refractivity contribution in [1.29, 1.82) is 0 Å². The van der Waals surface area contributed by atoms with E-state index in [0.717, 1.165) is 27.6 Å². The zero-order valence-corrected chi connectivity index (χ0v) is 17.2. The number of hydrogen-bond acceptors (Lipinski definition) is 5. The Kier molecular flexibility index (Phi) is 5.20. The molecule has 3 atom stereocenters. The predicted octanol–water partition coefficient (Wildman–Crippen LogP) is 3.98. The van der Waals surface area contributed by atoms with Gasteiger partial charge in [0.25, 0.3) is 6.04 Å². The lowest BCUT2D eigenvalue weighted by Crippen LogP contribution is -2.47. The number of esters is 1. The molecule has 30 heavy (non-hydrogen) atoms. The number of aromatic nitrogens is 1. The van der Waals surface area contributed by atoms with E-state index in [9.17, 15) is 14.9 Å². The van der Waals surface area contributed by atoms with Crippen LogP contribution in [0.3, 0.4) is 0 Å². The van der Waals surface area contributed by atoms with Gasteiger partial charge < -0.3 is 14.0 Å². The van der Waals surface area contributed by atoms with Crippen molar-refractivity contribution in [1.82, 2.24) is 4.57 Å². The van der Waals surface area contributed by atoms with Crippen molar-refractivity contribution in [2.45, 2.75) is 38.3 Å². The minimum absolute atomic E-state index is 0.172. The lowest BCUT2D eigenvalue weighted by Gasteiger charge is -2.34. The highest BCUT2D eigenvalue weighted by Crippen LogP contribution is 2.45. The molecule has 1 aliphatic rings. The molecule has 3 unspecified atom stereocenters. The molecule has 0 aliphatic carbocycles. The number of carbonyl (C=O) groups excluding carboxylic acids is 1. The van der Waals surface area contributed by atoms with Crippen LogP contribution >= 0.6 is 0 Å². The number of benzene rings is 2. The number of para-hydroxylation sites is 1. The molecule has 0 saturated heterocycles. The predicted molar refractivity (Wildman–Crippen MR) is 112 cm³/mol. The van der Waals surface area contributed by atoms with Crippen LogP contribution in [0.4, 0.5) is 0 Å². The maximum Gasteiger partial charge on any atom is 0.309 e. The van der Waals surface area contributed by atoms with Gasteiger partial charge in [0.15, 0.2) is 6.10 Å². The van der Waals surface area contributed by atoms with Gasteiger partial charge in [-0.05, 0) is 37.1 Å². The van der Waals surface area contributed by atoms with Gasteiger partial charge in [0.1, 0.15) is 5.75 Å². The summed E-state index contributed by atoms with van der Waals surface area (Å²) in [6.07, 6.45) is 0.864. The zero-order valence-electron chi connectivity index (χ0n) is 17.2. The van der Waals surface area contributed by atoms with E-state index in [0.29, 0.717) is 5.75 Å². The van der Waals surface area contributed by atoms with E-state index >= 15 is 0 Å². The molecule has 0 spiro atoms. The van der Waals surface area contributed by atoms with Crippen LogP contribution in [0.15, 0.2) is 48.7 Å². The number of nitro groups is 1. The summed E-state index contributed by atoms with van der Waals surface area (Å²) in [7, 11) is 1.94. The van der Waals surface area contributed by atoms with Crippen LogP contribution in [0.5, 0.6) is 5.75 Å². The van der Waals surface area contributed by atoms with E-state index in [1.807, 2.05) is 55.1 Å². The Morgan fingerprint density at radius 2 is 2.00 bits per heavy atom. The van der Waals surface area contributed by atoms with Crippen molar-refractivity contribution in [2.75, 3.05) is 6.61 Å². The number of nitrogens with zero attached hydrogens (tertiary/aromatic N) is 2. The molecule has 2 aromatic carbocycles. The summed E-state index contributed by atoms with van der Waals surface area (Å²) in [5.41, 5.74) is 3.75. The molecule has 0 bridgehead atoms. The summed E-state index contributed by atoms with van der Waals surface area (Å²) in [6.45, 7) is 3.95.